The van der Waals surface area contributed by atoms with E-state index in [9.17, 15) is 10.1 Å². The summed E-state index contributed by atoms with van der Waals surface area (Å²) in [4.78, 5) is 10.4. The first-order valence-corrected chi connectivity index (χ1v) is 5.52. The van der Waals surface area contributed by atoms with E-state index in [0.717, 1.165) is 19.3 Å². The molecule has 1 unspecified atom stereocenters. The lowest BCUT2D eigenvalue weighted by molar-refractivity contribution is 0.190. The average Bonchev–Trinajstić information content (AvgIpc) is 2.85. The highest BCUT2D eigenvalue weighted by Gasteiger charge is 2.67. The zero-order valence-corrected chi connectivity index (χ0v) is 8.75. The van der Waals surface area contributed by atoms with E-state index in [2.05, 4.69) is 11.4 Å². The molecule has 2 saturated carbocycles. The summed E-state index contributed by atoms with van der Waals surface area (Å²) in [6.45, 7) is 0.304. The van der Waals surface area contributed by atoms with Gasteiger partial charge in [0.05, 0.1) is 11.5 Å². The van der Waals surface area contributed by atoms with Crippen LogP contribution in [0.2, 0.25) is 0 Å². The minimum Gasteiger partial charge on any atom is -0.465 e. The van der Waals surface area contributed by atoms with Crippen LogP contribution in [-0.2, 0) is 0 Å². The number of nitrogens with one attached hydrogen (secondary N) is 1. The summed E-state index contributed by atoms with van der Waals surface area (Å²) in [5.41, 5.74) is -0.256. The molecule has 0 heterocycles. The minimum absolute atomic E-state index is 0.141. The smallest absolute Gasteiger partial charge is 0.404 e. The Hall–Kier alpha value is -1.24. The van der Waals surface area contributed by atoms with Crippen LogP contribution in [-0.4, -0.2) is 17.7 Å². The summed E-state index contributed by atoms with van der Waals surface area (Å²) in [6, 6.07) is 2.34. The van der Waals surface area contributed by atoms with Gasteiger partial charge in [-0.1, -0.05) is 19.3 Å². The molecule has 1 spiro atoms. The first kappa shape index (κ1) is 10.3. The van der Waals surface area contributed by atoms with Crippen molar-refractivity contribution >= 4 is 6.09 Å². The van der Waals surface area contributed by atoms with Crippen molar-refractivity contribution in [2.24, 2.45) is 10.8 Å². The molecule has 4 nitrogen and oxygen atoms in total. The van der Waals surface area contributed by atoms with Crippen molar-refractivity contribution in [2.45, 2.75) is 38.5 Å². The minimum atomic E-state index is -1.03. The van der Waals surface area contributed by atoms with Crippen molar-refractivity contribution in [3.05, 3.63) is 0 Å². The molecule has 1 atom stereocenters. The van der Waals surface area contributed by atoms with E-state index in [0.29, 0.717) is 6.54 Å². The lowest BCUT2D eigenvalue weighted by Gasteiger charge is -2.25. The largest absolute Gasteiger partial charge is 0.465 e. The van der Waals surface area contributed by atoms with Crippen LogP contribution in [0.1, 0.15) is 38.5 Å². The van der Waals surface area contributed by atoms with Gasteiger partial charge in [-0.2, -0.15) is 5.26 Å². The molecule has 0 bridgehead atoms. The molecule has 1 amide bonds. The molecule has 2 fully saturated rings. The van der Waals surface area contributed by atoms with Gasteiger partial charge in [-0.3, -0.25) is 0 Å². The van der Waals surface area contributed by atoms with Crippen LogP contribution >= 0.6 is 0 Å². The Labute approximate surface area is 89.3 Å². The van der Waals surface area contributed by atoms with E-state index in [4.69, 9.17) is 5.11 Å². The second-order valence-electron chi connectivity index (χ2n) is 4.87. The van der Waals surface area contributed by atoms with Crippen molar-refractivity contribution in [3.63, 3.8) is 0 Å². The van der Waals surface area contributed by atoms with Gasteiger partial charge in [-0.15, -0.1) is 0 Å². The first-order valence-electron chi connectivity index (χ1n) is 5.52. The highest BCUT2D eigenvalue weighted by atomic mass is 16.4. The molecule has 0 saturated heterocycles. The molecular weight excluding hydrogens is 192 g/mol. The fourth-order valence-electron chi connectivity index (χ4n) is 3.09. The molecule has 0 aromatic carbocycles. The van der Waals surface area contributed by atoms with Crippen LogP contribution < -0.4 is 5.32 Å². The number of nitriles is 1. The van der Waals surface area contributed by atoms with Gasteiger partial charge in [-0.05, 0) is 24.7 Å². The second-order valence-corrected chi connectivity index (χ2v) is 4.87. The maximum absolute atomic E-state index is 10.4. The van der Waals surface area contributed by atoms with Crippen molar-refractivity contribution in [2.75, 3.05) is 6.54 Å². The van der Waals surface area contributed by atoms with Crippen LogP contribution in [0.25, 0.3) is 0 Å². The topological polar surface area (TPSA) is 73.1 Å². The zero-order valence-electron chi connectivity index (χ0n) is 8.75. The molecule has 2 rings (SSSR count). The number of carbonyl (C=O) groups is 1. The van der Waals surface area contributed by atoms with E-state index in [1.54, 1.807) is 0 Å². The van der Waals surface area contributed by atoms with Crippen molar-refractivity contribution in [3.8, 4) is 6.07 Å². The third kappa shape index (κ3) is 1.56. The fourth-order valence-corrected chi connectivity index (χ4v) is 3.09. The number of hydrogen-bond acceptors (Lipinski definition) is 2. The molecule has 2 aliphatic rings. The molecule has 2 N–H and O–H groups in total. The molecule has 4 heteroatoms. The maximum Gasteiger partial charge on any atom is 0.404 e. The number of hydrogen-bond donors (Lipinski definition) is 2. The van der Waals surface area contributed by atoms with Crippen molar-refractivity contribution < 1.29 is 9.90 Å². The number of nitrogens with zero attached hydrogens (tertiary/aromatic N) is 1. The molecule has 0 aromatic rings. The number of rotatable bonds is 2. The van der Waals surface area contributed by atoms with Crippen molar-refractivity contribution in [1.29, 1.82) is 5.26 Å². The van der Waals surface area contributed by atoms with Gasteiger partial charge in [0.15, 0.2) is 0 Å². The summed E-state index contributed by atoms with van der Waals surface area (Å²) in [6.07, 6.45) is 5.70. The van der Waals surface area contributed by atoms with E-state index in [1.807, 2.05) is 0 Å². The first-order chi connectivity index (χ1) is 7.14. The summed E-state index contributed by atoms with van der Waals surface area (Å²) in [5.74, 6) is 0. The van der Waals surface area contributed by atoms with Gasteiger partial charge in [0, 0.05) is 6.54 Å². The van der Waals surface area contributed by atoms with Crippen LogP contribution in [0.15, 0.2) is 0 Å². The Bertz CT molecular complexity index is 315. The third-order valence-electron chi connectivity index (χ3n) is 4.10. The Kier molecular flexibility index (Phi) is 2.34. The van der Waals surface area contributed by atoms with Gasteiger partial charge in [-0.25, -0.2) is 4.79 Å². The van der Waals surface area contributed by atoms with E-state index < -0.39 is 11.5 Å². The van der Waals surface area contributed by atoms with Gasteiger partial charge in [0.2, 0.25) is 0 Å². The Morgan fingerprint density at radius 3 is 2.60 bits per heavy atom. The molecule has 2 aliphatic carbocycles. The Morgan fingerprint density at radius 2 is 2.07 bits per heavy atom. The summed E-state index contributed by atoms with van der Waals surface area (Å²) >= 11 is 0. The molecule has 0 aromatic heterocycles. The van der Waals surface area contributed by atoms with Gasteiger partial charge in [0.1, 0.15) is 0 Å². The predicted octanol–water partition coefficient (Wildman–Crippen LogP) is 2.12. The average molecular weight is 208 g/mol. The van der Waals surface area contributed by atoms with Crippen LogP contribution in [0.4, 0.5) is 4.79 Å². The lowest BCUT2D eigenvalue weighted by Crippen LogP contribution is -2.32. The number of carboxylic acid groups (broad SMARTS) is 1. The predicted molar refractivity (Wildman–Crippen MR) is 54.2 cm³/mol. The summed E-state index contributed by atoms with van der Waals surface area (Å²) in [7, 11) is 0. The molecule has 15 heavy (non-hydrogen) atoms. The molecular formula is C11H16N2O2. The van der Waals surface area contributed by atoms with Crippen LogP contribution in [0, 0.1) is 22.2 Å². The highest BCUT2D eigenvalue weighted by Crippen LogP contribution is 2.69. The fraction of sp³-hybridized carbons (Fsp3) is 0.818. The quantitative estimate of drug-likeness (QED) is 0.730. The standard InChI is InChI=1S/C11H16N2O2/c12-7-11(8-13-9(14)15)6-10(11)4-2-1-3-5-10/h13H,1-6,8H2,(H,14,15). The summed E-state index contributed by atoms with van der Waals surface area (Å²) in [5, 5.41) is 20.1. The highest BCUT2D eigenvalue weighted by molar-refractivity contribution is 5.64. The van der Waals surface area contributed by atoms with E-state index >= 15 is 0 Å². The Balaban J connectivity index is 2.01. The van der Waals surface area contributed by atoms with Gasteiger partial charge >= 0.3 is 6.09 Å². The van der Waals surface area contributed by atoms with E-state index in [1.165, 1.54) is 19.3 Å². The third-order valence-corrected chi connectivity index (χ3v) is 4.10. The molecule has 0 aliphatic heterocycles. The van der Waals surface area contributed by atoms with Gasteiger partial charge < -0.3 is 10.4 Å². The van der Waals surface area contributed by atoms with E-state index in [-0.39, 0.29) is 5.41 Å². The monoisotopic (exact) mass is 208 g/mol. The van der Waals surface area contributed by atoms with Gasteiger partial charge in [0.25, 0.3) is 0 Å². The van der Waals surface area contributed by atoms with Crippen LogP contribution in [0.3, 0.4) is 0 Å². The Morgan fingerprint density at radius 1 is 1.40 bits per heavy atom. The summed E-state index contributed by atoms with van der Waals surface area (Å²) < 4.78 is 0. The molecule has 0 radical (unpaired) electrons. The van der Waals surface area contributed by atoms with Crippen molar-refractivity contribution in [1.82, 2.24) is 5.32 Å². The normalized spacial score (nSPS) is 31.9. The van der Waals surface area contributed by atoms with Crippen LogP contribution in [0.5, 0.6) is 0 Å². The lowest BCUT2D eigenvalue weighted by atomic mass is 9.80. The molecule has 82 valence electrons. The maximum atomic E-state index is 10.4. The number of amides is 1. The SMILES string of the molecule is N#CC1(CNC(=O)O)CC12CCCCC2. The zero-order chi connectivity index (χ0) is 10.9. The second kappa shape index (κ2) is 3.41.